The van der Waals surface area contributed by atoms with Crippen molar-refractivity contribution in [2.24, 2.45) is 11.3 Å². The van der Waals surface area contributed by atoms with Crippen molar-refractivity contribution in [3.63, 3.8) is 0 Å². The Morgan fingerprint density at radius 2 is 1.09 bits per heavy atom. The molecule has 0 aromatic carbocycles. The number of ether oxygens (including phenoxy) is 2. The van der Waals surface area contributed by atoms with E-state index >= 15 is 0 Å². The van der Waals surface area contributed by atoms with Gasteiger partial charge in [-0.1, -0.05) is 137 Å². The smallest absolute Gasteiger partial charge is 0.305 e. The maximum Gasteiger partial charge on any atom is 0.305 e. The van der Waals surface area contributed by atoms with E-state index < -0.39 is 0 Å². The largest absolute Gasteiger partial charge is 0.466 e. The van der Waals surface area contributed by atoms with Crippen molar-refractivity contribution in [2.75, 3.05) is 39.5 Å². The molecule has 0 radical (unpaired) electrons. The summed E-state index contributed by atoms with van der Waals surface area (Å²) in [6, 6.07) is 0. The van der Waals surface area contributed by atoms with E-state index in [0.717, 1.165) is 89.8 Å². The number of carbonyl (C=O) groups is 2. The predicted molar refractivity (Wildman–Crippen MR) is 195 cm³/mol. The molecular weight excluding hydrogens is 574 g/mol. The fourth-order valence-electron chi connectivity index (χ4n) is 5.97. The van der Waals surface area contributed by atoms with Crippen LogP contribution in [-0.2, 0) is 19.1 Å². The Balaban J connectivity index is 3.84. The Kier molecular flexibility index (Phi) is 31.6. The molecule has 0 spiro atoms. The van der Waals surface area contributed by atoms with E-state index in [9.17, 15) is 14.7 Å². The van der Waals surface area contributed by atoms with Gasteiger partial charge in [-0.25, -0.2) is 0 Å². The fraction of sp³-hybridized carbons (Fsp3) is 0.950. The molecule has 0 amide bonds. The summed E-state index contributed by atoms with van der Waals surface area (Å²) in [4.78, 5) is 26.7. The van der Waals surface area contributed by atoms with Crippen molar-refractivity contribution in [1.29, 1.82) is 0 Å². The van der Waals surface area contributed by atoms with E-state index in [0.29, 0.717) is 26.1 Å². The summed E-state index contributed by atoms with van der Waals surface area (Å²) >= 11 is 0. The molecule has 0 aliphatic rings. The topological polar surface area (TPSA) is 76.1 Å². The Bertz CT molecular complexity index is 681. The Hall–Kier alpha value is -1.14. The first kappa shape index (κ1) is 44.9. The molecular formula is C40H79NO5. The van der Waals surface area contributed by atoms with E-state index in [1.807, 2.05) is 0 Å². The van der Waals surface area contributed by atoms with Crippen LogP contribution in [0.5, 0.6) is 0 Å². The van der Waals surface area contributed by atoms with Crippen LogP contribution >= 0.6 is 0 Å². The third-order valence-electron chi connectivity index (χ3n) is 9.11. The van der Waals surface area contributed by atoms with E-state index in [-0.39, 0.29) is 24.0 Å². The van der Waals surface area contributed by atoms with Crippen LogP contribution in [0.25, 0.3) is 0 Å². The van der Waals surface area contributed by atoms with Crippen molar-refractivity contribution < 1.29 is 24.2 Å². The Labute approximate surface area is 286 Å². The average Bonchev–Trinajstić information content (AvgIpc) is 3.02. The van der Waals surface area contributed by atoms with Crippen molar-refractivity contribution in [2.45, 2.75) is 195 Å². The average molecular weight is 654 g/mol. The number of carbonyl (C=O) groups excluding carboxylic acids is 2. The first-order valence-electron chi connectivity index (χ1n) is 19.8. The zero-order chi connectivity index (χ0) is 34.1. The zero-order valence-corrected chi connectivity index (χ0v) is 31.5. The number of nitrogens with zero attached hydrogens (tertiary/aromatic N) is 1. The first-order valence-corrected chi connectivity index (χ1v) is 19.8. The second-order valence-electron chi connectivity index (χ2n) is 15.1. The minimum atomic E-state index is -0.0347. The summed E-state index contributed by atoms with van der Waals surface area (Å²) in [7, 11) is 0. The molecule has 0 aliphatic carbocycles. The molecule has 0 aliphatic heterocycles. The van der Waals surface area contributed by atoms with Crippen molar-refractivity contribution in [3.05, 3.63) is 0 Å². The Morgan fingerprint density at radius 3 is 1.67 bits per heavy atom. The van der Waals surface area contributed by atoms with Crippen molar-refractivity contribution >= 4 is 11.9 Å². The van der Waals surface area contributed by atoms with Gasteiger partial charge in [-0.15, -0.1) is 0 Å². The van der Waals surface area contributed by atoms with Gasteiger partial charge in [-0.2, -0.15) is 0 Å². The highest BCUT2D eigenvalue weighted by molar-refractivity contribution is 5.69. The predicted octanol–water partition coefficient (Wildman–Crippen LogP) is 10.8. The van der Waals surface area contributed by atoms with Crippen LogP contribution in [0.1, 0.15) is 195 Å². The molecule has 0 aromatic rings. The quantitative estimate of drug-likeness (QED) is 0.0542. The second kappa shape index (κ2) is 32.4. The number of aliphatic hydroxyl groups is 1. The monoisotopic (exact) mass is 654 g/mol. The van der Waals surface area contributed by atoms with Gasteiger partial charge in [0.1, 0.15) is 0 Å². The summed E-state index contributed by atoms with van der Waals surface area (Å²) < 4.78 is 11.0. The van der Waals surface area contributed by atoms with E-state index in [2.05, 4.69) is 39.5 Å². The summed E-state index contributed by atoms with van der Waals surface area (Å²) in [5, 5.41) is 9.35. The summed E-state index contributed by atoms with van der Waals surface area (Å²) in [6.45, 7) is 15.7. The molecule has 0 unspecified atom stereocenters. The zero-order valence-electron chi connectivity index (χ0n) is 31.5. The van der Waals surface area contributed by atoms with Gasteiger partial charge in [-0.05, 0) is 69.4 Å². The minimum absolute atomic E-state index is 0.0236. The van der Waals surface area contributed by atoms with Gasteiger partial charge in [-0.3, -0.25) is 9.59 Å². The van der Waals surface area contributed by atoms with Crippen molar-refractivity contribution in [3.8, 4) is 0 Å². The fourth-order valence-corrected chi connectivity index (χ4v) is 5.97. The number of rotatable bonds is 35. The molecule has 0 bridgehead atoms. The number of unbranched alkanes of at least 4 members (excludes halogenated alkanes) is 16. The third kappa shape index (κ3) is 32.8. The first-order chi connectivity index (χ1) is 22.2. The SMILES string of the molecule is CCCCCCCCCC(=O)OCC(C)(C)CCCCCN(CCCO)CCCCCCCC(=O)OCCCCCCCC(C)C. The molecule has 6 heteroatoms. The van der Waals surface area contributed by atoms with Crippen LogP contribution in [0.15, 0.2) is 0 Å². The Morgan fingerprint density at radius 1 is 0.609 bits per heavy atom. The van der Waals surface area contributed by atoms with Crippen LogP contribution in [0.2, 0.25) is 0 Å². The molecule has 1 N–H and O–H groups in total. The molecule has 0 rings (SSSR count). The molecule has 0 aromatic heterocycles. The molecule has 0 saturated carbocycles. The van der Waals surface area contributed by atoms with Crippen LogP contribution in [0, 0.1) is 11.3 Å². The normalized spacial score (nSPS) is 11.9. The second-order valence-corrected chi connectivity index (χ2v) is 15.1. The van der Waals surface area contributed by atoms with Crippen LogP contribution < -0.4 is 0 Å². The lowest BCUT2D eigenvalue weighted by Gasteiger charge is -2.25. The molecule has 0 fully saturated rings. The van der Waals surface area contributed by atoms with E-state index in [4.69, 9.17) is 9.47 Å². The van der Waals surface area contributed by atoms with E-state index in [1.165, 1.54) is 83.5 Å². The number of esters is 2. The lowest BCUT2D eigenvalue weighted by molar-refractivity contribution is -0.147. The highest BCUT2D eigenvalue weighted by Crippen LogP contribution is 2.24. The maximum atomic E-state index is 12.2. The summed E-state index contributed by atoms with van der Waals surface area (Å²) in [5.74, 6) is 0.735. The lowest BCUT2D eigenvalue weighted by Crippen LogP contribution is -2.28. The minimum Gasteiger partial charge on any atom is -0.466 e. The van der Waals surface area contributed by atoms with Gasteiger partial charge in [0.2, 0.25) is 0 Å². The van der Waals surface area contributed by atoms with Gasteiger partial charge < -0.3 is 19.5 Å². The van der Waals surface area contributed by atoms with Gasteiger partial charge in [0.05, 0.1) is 13.2 Å². The number of hydrogen-bond acceptors (Lipinski definition) is 6. The lowest BCUT2D eigenvalue weighted by atomic mass is 9.88. The standard InChI is InChI=1S/C40H79NO5/c1-6-7-8-9-10-14-21-29-39(44)46-36-40(4,5)30-22-18-24-32-41(33-26-34-42)31-23-16-11-15-20-28-38(43)45-35-25-17-12-13-19-27-37(2)3/h37,42H,6-36H2,1-5H3. The van der Waals surface area contributed by atoms with Crippen molar-refractivity contribution in [1.82, 2.24) is 4.90 Å². The highest BCUT2D eigenvalue weighted by Gasteiger charge is 2.20. The number of hydrogen-bond donors (Lipinski definition) is 1. The highest BCUT2D eigenvalue weighted by atomic mass is 16.5. The van der Waals surface area contributed by atoms with Crippen LogP contribution in [0.4, 0.5) is 0 Å². The molecule has 274 valence electrons. The maximum absolute atomic E-state index is 12.2. The number of aliphatic hydroxyl groups excluding tert-OH is 1. The van der Waals surface area contributed by atoms with Gasteiger partial charge in [0.25, 0.3) is 0 Å². The molecule has 6 nitrogen and oxygen atoms in total. The van der Waals surface area contributed by atoms with Gasteiger partial charge in [0, 0.05) is 26.0 Å². The molecule has 0 heterocycles. The molecule has 0 atom stereocenters. The van der Waals surface area contributed by atoms with Gasteiger partial charge in [0.15, 0.2) is 0 Å². The summed E-state index contributed by atoms with van der Waals surface area (Å²) in [6.07, 6.45) is 27.9. The van der Waals surface area contributed by atoms with Gasteiger partial charge >= 0.3 is 11.9 Å². The third-order valence-corrected chi connectivity index (χ3v) is 9.11. The van der Waals surface area contributed by atoms with Crippen LogP contribution in [0.3, 0.4) is 0 Å². The van der Waals surface area contributed by atoms with Crippen LogP contribution in [-0.4, -0.2) is 61.4 Å². The van der Waals surface area contributed by atoms with E-state index in [1.54, 1.807) is 0 Å². The molecule has 0 saturated heterocycles. The summed E-state index contributed by atoms with van der Waals surface area (Å²) in [5.41, 5.74) is 0.0236. The molecule has 46 heavy (non-hydrogen) atoms.